The van der Waals surface area contributed by atoms with E-state index in [9.17, 15) is 5.11 Å². The van der Waals surface area contributed by atoms with E-state index in [-0.39, 0.29) is 12.6 Å². The molecule has 2 aromatic rings. The number of fused-ring (bicyclic) bond motifs is 1. The van der Waals surface area contributed by atoms with E-state index in [4.69, 9.17) is 10.5 Å². The van der Waals surface area contributed by atoms with Crippen molar-refractivity contribution in [3.8, 4) is 0 Å². The molecule has 8 nitrogen and oxygen atoms in total. The van der Waals surface area contributed by atoms with E-state index in [1.165, 1.54) is 6.33 Å². The Kier molecular flexibility index (Phi) is 4.09. The van der Waals surface area contributed by atoms with Gasteiger partial charge in [0, 0.05) is 24.7 Å². The number of aromatic nitrogens is 3. The van der Waals surface area contributed by atoms with Crippen molar-refractivity contribution in [1.29, 1.82) is 0 Å². The van der Waals surface area contributed by atoms with Crippen LogP contribution >= 0.6 is 0 Å². The Morgan fingerprint density at radius 1 is 1.33 bits per heavy atom. The molecule has 0 aromatic carbocycles. The van der Waals surface area contributed by atoms with Gasteiger partial charge in [0.15, 0.2) is 5.82 Å². The van der Waals surface area contributed by atoms with Crippen molar-refractivity contribution >= 4 is 22.5 Å². The van der Waals surface area contributed by atoms with E-state index in [1.807, 2.05) is 6.07 Å². The molecule has 1 saturated heterocycles. The number of hydrogen-bond donors (Lipinski definition) is 4. The third-order valence-corrected chi connectivity index (χ3v) is 3.31. The summed E-state index contributed by atoms with van der Waals surface area (Å²) >= 11 is 0. The summed E-state index contributed by atoms with van der Waals surface area (Å²) in [5.41, 5.74) is 6.13. The van der Waals surface area contributed by atoms with Crippen molar-refractivity contribution in [2.24, 2.45) is 5.73 Å². The molecule has 0 aliphatic carbocycles. The number of aliphatic hydroxyl groups is 1. The number of nitrogens with two attached hydrogens (primary N) is 1. The fraction of sp³-hybridized carbons (Fsp3) is 0.462. The van der Waals surface area contributed by atoms with Gasteiger partial charge in [-0.25, -0.2) is 15.0 Å². The number of aliphatic hydroxyl groups excluding tert-OH is 1. The predicted octanol–water partition coefficient (Wildman–Crippen LogP) is -0.433. The van der Waals surface area contributed by atoms with Gasteiger partial charge in [-0.2, -0.15) is 0 Å². The Labute approximate surface area is 121 Å². The van der Waals surface area contributed by atoms with E-state index < -0.39 is 6.10 Å². The molecule has 0 unspecified atom stereocenters. The van der Waals surface area contributed by atoms with Gasteiger partial charge in [0.2, 0.25) is 0 Å². The van der Waals surface area contributed by atoms with Gasteiger partial charge in [-0.3, -0.25) is 0 Å². The first-order valence-electron chi connectivity index (χ1n) is 6.84. The Bertz CT molecular complexity index is 619. The SMILES string of the molecule is NC[C@H](O)CNc1ncnc2c(NC3COC3)nccc12. The zero-order chi connectivity index (χ0) is 14.7. The van der Waals surface area contributed by atoms with Crippen molar-refractivity contribution in [3.63, 3.8) is 0 Å². The smallest absolute Gasteiger partial charge is 0.153 e. The zero-order valence-corrected chi connectivity index (χ0v) is 11.5. The van der Waals surface area contributed by atoms with Crippen molar-refractivity contribution < 1.29 is 9.84 Å². The van der Waals surface area contributed by atoms with Gasteiger partial charge in [0.05, 0.1) is 25.4 Å². The highest BCUT2D eigenvalue weighted by molar-refractivity contribution is 5.95. The first kappa shape index (κ1) is 13.9. The minimum absolute atomic E-state index is 0.200. The molecule has 112 valence electrons. The van der Waals surface area contributed by atoms with E-state index in [1.54, 1.807) is 6.20 Å². The first-order valence-corrected chi connectivity index (χ1v) is 6.84. The largest absolute Gasteiger partial charge is 0.390 e. The highest BCUT2D eigenvalue weighted by Crippen LogP contribution is 2.24. The van der Waals surface area contributed by atoms with Gasteiger partial charge in [-0.05, 0) is 6.07 Å². The van der Waals surface area contributed by atoms with Crippen LogP contribution in [0.15, 0.2) is 18.6 Å². The molecule has 1 aliphatic rings. The summed E-state index contributed by atoms with van der Waals surface area (Å²) in [6.45, 7) is 1.89. The molecule has 1 aliphatic heterocycles. The lowest BCUT2D eigenvalue weighted by atomic mass is 10.2. The third-order valence-electron chi connectivity index (χ3n) is 3.31. The number of hydrogen-bond acceptors (Lipinski definition) is 8. The number of nitrogens with one attached hydrogen (secondary N) is 2. The zero-order valence-electron chi connectivity index (χ0n) is 11.5. The van der Waals surface area contributed by atoms with Crippen molar-refractivity contribution in [2.45, 2.75) is 12.1 Å². The summed E-state index contributed by atoms with van der Waals surface area (Å²) in [5.74, 6) is 1.37. The Hall–Kier alpha value is -2.03. The lowest BCUT2D eigenvalue weighted by Crippen LogP contribution is -2.40. The highest BCUT2D eigenvalue weighted by Gasteiger charge is 2.20. The topological polar surface area (TPSA) is 118 Å². The number of pyridine rings is 1. The molecular weight excluding hydrogens is 272 g/mol. The maximum Gasteiger partial charge on any atom is 0.153 e. The molecule has 3 rings (SSSR count). The van der Waals surface area contributed by atoms with Crippen LogP contribution in [0.3, 0.4) is 0 Å². The van der Waals surface area contributed by atoms with Gasteiger partial charge in [-0.15, -0.1) is 0 Å². The lowest BCUT2D eigenvalue weighted by molar-refractivity contribution is 0.0210. The van der Waals surface area contributed by atoms with Crippen molar-refractivity contribution in [2.75, 3.05) is 36.9 Å². The Morgan fingerprint density at radius 3 is 2.90 bits per heavy atom. The van der Waals surface area contributed by atoms with Crippen molar-refractivity contribution in [1.82, 2.24) is 15.0 Å². The summed E-state index contributed by atoms with van der Waals surface area (Å²) in [7, 11) is 0. The third kappa shape index (κ3) is 3.02. The normalized spacial score (nSPS) is 16.5. The van der Waals surface area contributed by atoms with Gasteiger partial charge in [0.1, 0.15) is 17.7 Å². The molecule has 1 fully saturated rings. The highest BCUT2D eigenvalue weighted by atomic mass is 16.5. The van der Waals surface area contributed by atoms with Crippen LogP contribution in [-0.4, -0.2) is 58.5 Å². The van der Waals surface area contributed by atoms with Crippen LogP contribution in [0.2, 0.25) is 0 Å². The maximum absolute atomic E-state index is 9.53. The van der Waals surface area contributed by atoms with Gasteiger partial charge < -0.3 is 26.2 Å². The van der Waals surface area contributed by atoms with Crippen LogP contribution in [0.5, 0.6) is 0 Å². The minimum Gasteiger partial charge on any atom is -0.390 e. The summed E-state index contributed by atoms with van der Waals surface area (Å²) in [4.78, 5) is 12.8. The van der Waals surface area contributed by atoms with Crippen molar-refractivity contribution in [3.05, 3.63) is 18.6 Å². The summed E-state index contributed by atoms with van der Waals surface area (Å²) in [6.07, 6.45) is 2.57. The molecule has 2 aromatic heterocycles. The lowest BCUT2D eigenvalue weighted by Gasteiger charge is -2.27. The minimum atomic E-state index is -0.610. The molecule has 5 N–H and O–H groups in total. The van der Waals surface area contributed by atoms with Crippen LogP contribution in [0.25, 0.3) is 10.9 Å². The molecule has 0 bridgehead atoms. The quantitative estimate of drug-likeness (QED) is 0.566. The van der Waals surface area contributed by atoms with Crippen LogP contribution in [0.4, 0.5) is 11.6 Å². The first-order chi connectivity index (χ1) is 10.3. The summed E-state index contributed by atoms with van der Waals surface area (Å²) in [6, 6.07) is 2.11. The van der Waals surface area contributed by atoms with Gasteiger partial charge in [0.25, 0.3) is 0 Å². The molecule has 0 amide bonds. The van der Waals surface area contributed by atoms with E-state index in [0.29, 0.717) is 31.4 Å². The van der Waals surface area contributed by atoms with Crippen LogP contribution in [-0.2, 0) is 4.74 Å². The molecule has 3 heterocycles. The van der Waals surface area contributed by atoms with Gasteiger partial charge in [-0.1, -0.05) is 0 Å². The second-order valence-electron chi connectivity index (χ2n) is 4.93. The van der Waals surface area contributed by atoms with E-state index in [0.717, 1.165) is 10.9 Å². The number of ether oxygens (including phenoxy) is 1. The van der Waals surface area contributed by atoms with Crippen LogP contribution in [0.1, 0.15) is 0 Å². The molecule has 8 heteroatoms. The number of rotatable bonds is 6. The fourth-order valence-electron chi connectivity index (χ4n) is 2.05. The van der Waals surface area contributed by atoms with Crippen LogP contribution in [0, 0.1) is 0 Å². The second kappa shape index (κ2) is 6.17. The summed E-state index contributed by atoms with van der Waals surface area (Å²) < 4.78 is 5.15. The predicted molar refractivity (Wildman–Crippen MR) is 79.1 cm³/mol. The Balaban J connectivity index is 1.86. The van der Waals surface area contributed by atoms with E-state index >= 15 is 0 Å². The molecule has 0 spiro atoms. The Morgan fingerprint density at radius 2 is 2.19 bits per heavy atom. The average Bonchev–Trinajstić information content (AvgIpc) is 2.48. The molecule has 0 saturated carbocycles. The summed E-state index contributed by atoms with van der Waals surface area (Å²) in [5, 5.41) is 16.8. The monoisotopic (exact) mass is 290 g/mol. The van der Waals surface area contributed by atoms with E-state index in [2.05, 4.69) is 25.6 Å². The number of anilines is 2. The molecule has 0 radical (unpaired) electrons. The standard InChI is InChI=1S/C13H18N6O2/c14-3-9(20)4-16-12-10-1-2-15-13(11(10)17-7-18-12)19-8-5-21-6-8/h1-2,7-9,20H,3-6,14H2,(H,15,19)(H,16,17,18)/t9-/m0/s1. The van der Waals surface area contributed by atoms with Crippen LogP contribution < -0.4 is 16.4 Å². The molecular formula is C13H18N6O2. The van der Waals surface area contributed by atoms with Gasteiger partial charge >= 0.3 is 0 Å². The molecule has 21 heavy (non-hydrogen) atoms. The number of nitrogens with zero attached hydrogens (tertiary/aromatic N) is 3. The fourth-order valence-corrected chi connectivity index (χ4v) is 2.05. The molecule has 1 atom stereocenters. The maximum atomic E-state index is 9.53. The second-order valence-corrected chi connectivity index (χ2v) is 4.93. The average molecular weight is 290 g/mol.